The van der Waals surface area contributed by atoms with Crippen molar-refractivity contribution in [2.24, 2.45) is 0 Å². The summed E-state index contributed by atoms with van der Waals surface area (Å²) in [6.45, 7) is 0. The van der Waals surface area contributed by atoms with E-state index in [1.807, 2.05) is 0 Å². The van der Waals surface area contributed by atoms with Crippen molar-refractivity contribution in [2.75, 3.05) is 5.73 Å². The third kappa shape index (κ3) is 2.53. The molecule has 0 unspecified atom stereocenters. The van der Waals surface area contributed by atoms with Crippen LogP contribution in [0.3, 0.4) is 0 Å². The fourth-order valence-corrected chi connectivity index (χ4v) is 1.68. The number of nitrogen functional groups attached to an aromatic ring is 1. The third-order valence-corrected chi connectivity index (χ3v) is 2.61. The maximum Gasteiger partial charge on any atom is 0.169 e. The molecule has 0 amide bonds. The Morgan fingerprint density at radius 1 is 1.06 bits per heavy atom. The molecule has 0 heterocycles. The number of halogens is 2. The molecule has 0 aromatic heterocycles. The summed E-state index contributed by atoms with van der Waals surface area (Å²) < 4.78 is 25.7. The van der Waals surface area contributed by atoms with Crippen molar-refractivity contribution in [2.45, 2.75) is 6.42 Å². The predicted octanol–water partition coefficient (Wildman–Crippen LogP) is 2.97. The van der Waals surface area contributed by atoms with Crippen LogP contribution < -0.4 is 5.73 Å². The monoisotopic (exact) mass is 247 g/mol. The summed E-state index contributed by atoms with van der Waals surface area (Å²) in [7, 11) is 0. The molecule has 4 heteroatoms. The Morgan fingerprint density at radius 2 is 1.78 bits per heavy atom. The van der Waals surface area contributed by atoms with Crippen molar-refractivity contribution in [1.82, 2.24) is 0 Å². The van der Waals surface area contributed by atoms with Gasteiger partial charge in [0, 0.05) is 17.7 Å². The summed E-state index contributed by atoms with van der Waals surface area (Å²) in [5.74, 6) is -2.11. The lowest BCUT2D eigenvalue weighted by Crippen LogP contribution is -2.07. The first kappa shape index (κ1) is 12.2. The van der Waals surface area contributed by atoms with Gasteiger partial charge in [-0.05, 0) is 29.8 Å². The van der Waals surface area contributed by atoms with Crippen LogP contribution in [0, 0.1) is 11.6 Å². The number of anilines is 1. The van der Waals surface area contributed by atoms with E-state index in [9.17, 15) is 13.6 Å². The number of benzene rings is 2. The summed E-state index contributed by atoms with van der Waals surface area (Å²) in [4.78, 5) is 11.9. The second-order valence-electron chi connectivity index (χ2n) is 3.94. The van der Waals surface area contributed by atoms with E-state index in [-0.39, 0.29) is 12.2 Å². The maximum absolute atomic E-state index is 13.0. The Hall–Kier alpha value is -2.23. The van der Waals surface area contributed by atoms with Crippen LogP contribution in [0.25, 0.3) is 0 Å². The first-order valence-corrected chi connectivity index (χ1v) is 5.39. The van der Waals surface area contributed by atoms with Gasteiger partial charge in [0.05, 0.1) is 0 Å². The molecule has 2 nitrogen and oxygen atoms in total. The van der Waals surface area contributed by atoms with E-state index in [0.29, 0.717) is 16.8 Å². The summed E-state index contributed by atoms with van der Waals surface area (Å²) in [6.07, 6.45) is -0.00852. The van der Waals surface area contributed by atoms with Crippen molar-refractivity contribution in [3.05, 3.63) is 65.2 Å². The van der Waals surface area contributed by atoms with E-state index in [2.05, 4.69) is 0 Å². The molecule has 0 spiro atoms. The second kappa shape index (κ2) is 4.96. The molecule has 0 radical (unpaired) electrons. The number of ketones is 1. The Morgan fingerprint density at radius 3 is 2.44 bits per heavy atom. The summed E-state index contributed by atoms with van der Waals surface area (Å²) in [5.41, 5.74) is 6.86. The highest BCUT2D eigenvalue weighted by atomic mass is 19.2. The molecule has 0 aliphatic carbocycles. The summed E-state index contributed by atoms with van der Waals surface area (Å²) >= 11 is 0. The molecule has 0 aliphatic heterocycles. The van der Waals surface area contributed by atoms with E-state index >= 15 is 0 Å². The van der Waals surface area contributed by atoms with Crippen molar-refractivity contribution >= 4 is 11.5 Å². The average molecular weight is 247 g/mol. The highest BCUT2D eigenvalue weighted by Gasteiger charge is 2.11. The molecule has 2 N–H and O–H groups in total. The Labute approximate surface area is 103 Å². The Balaban J connectivity index is 2.22. The Kier molecular flexibility index (Phi) is 3.37. The average Bonchev–Trinajstić information content (AvgIpc) is 2.34. The van der Waals surface area contributed by atoms with Crippen LogP contribution in [0.5, 0.6) is 0 Å². The SMILES string of the molecule is Nc1ccccc1C(=O)Cc1ccc(F)c(F)c1. The van der Waals surface area contributed by atoms with Gasteiger partial charge in [0.1, 0.15) is 0 Å². The minimum atomic E-state index is -0.957. The summed E-state index contributed by atoms with van der Waals surface area (Å²) in [5, 5.41) is 0. The van der Waals surface area contributed by atoms with Crippen molar-refractivity contribution in [3.8, 4) is 0 Å². The molecule has 0 saturated heterocycles. The summed E-state index contributed by atoms with van der Waals surface area (Å²) in [6, 6.07) is 10.1. The number of para-hydroxylation sites is 1. The molecule has 0 saturated carbocycles. The molecule has 2 aromatic carbocycles. The quantitative estimate of drug-likeness (QED) is 0.669. The van der Waals surface area contributed by atoms with E-state index in [0.717, 1.165) is 12.1 Å². The fourth-order valence-electron chi connectivity index (χ4n) is 1.68. The highest BCUT2D eigenvalue weighted by Crippen LogP contribution is 2.15. The number of carbonyl (C=O) groups is 1. The number of hydrogen-bond donors (Lipinski definition) is 1. The van der Waals surface area contributed by atoms with E-state index in [1.165, 1.54) is 6.07 Å². The molecular weight excluding hydrogens is 236 g/mol. The molecule has 0 aliphatic rings. The van der Waals surface area contributed by atoms with Crippen LogP contribution in [0.2, 0.25) is 0 Å². The van der Waals surface area contributed by atoms with Crippen LogP contribution in [0.1, 0.15) is 15.9 Å². The molecular formula is C14H11F2NO. The van der Waals surface area contributed by atoms with E-state index in [1.54, 1.807) is 24.3 Å². The lowest BCUT2D eigenvalue weighted by molar-refractivity contribution is 0.0993. The number of carbonyl (C=O) groups excluding carboxylic acids is 1. The molecule has 0 atom stereocenters. The van der Waals surface area contributed by atoms with E-state index in [4.69, 9.17) is 5.73 Å². The second-order valence-corrected chi connectivity index (χ2v) is 3.94. The van der Waals surface area contributed by atoms with Gasteiger partial charge in [-0.15, -0.1) is 0 Å². The normalized spacial score (nSPS) is 10.3. The zero-order valence-corrected chi connectivity index (χ0v) is 9.49. The van der Waals surface area contributed by atoms with Crippen LogP contribution in [-0.2, 0) is 6.42 Å². The first-order chi connectivity index (χ1) is 8.58. The largest absolute Gasteiger partial charge is 0.398 e. The molecule has 0 fully saturated rings. The van der Waals surface area contributed by atoms with Crippen LogP contribution in [0.15, 0.2) is 42.5 Å². The van der Waals surface area contributed by atoms with Gasteiger partial charge in [0.25, 0.3) is 0 Å². The highest BCUT2D eigenvalue weighted by molar-refractivity contribution is 6.01. The fraction of sp³-hybridized carbons (Fsp3) is 0.0714. The van der Waals surface area contributed by atoms with Gasteiger partial charge in [-0.2, -0.15) is 0 Å². The molecule has 18 heavy (non-hydrogen) atoms. The van der Waals surface area contributed by atoms with Crippen LogP contribution >= 0.6 is 0 Å². The molecule has 2 rings (SSSR count). The minimum Gasteiger partial charge on any atom is -0.398 e. The van der Waals surface area contributed by atoms with Crippen molar-refractivity contribution < 1.29 is 13.6 Å². The lowest BCUT2D eigenvalue weighted by Gasteiger charge is -2.05. The van der Waals surface area contributed by atoms with Crippen LogP contribution in [-0.4, -0.2) is 5.78 Å². The van der Waals surface area contributed by atoms with Gasteiger partial charge >= 0.3 is 0 Å². The topological polar surface area (TPSA) is 43.1 Å². The van der Waals surface area contributed by atoms with Crippen LogP contribution in [0.4, 0.5) is 14.5 Å². The number of Topliss-reactive ketones (excluding diaryl/α,β-unsaturated/α-hetero) is 1. The number of rotatable bonds is 3. The standard InChI is InChI=1S/C14H11F2NO/c15-11-6-5-9(7-12(11)16)8-14(18)10-3-1-2-4-13(10)17/h1-7H,8,17H2. The smallest absolute Gasteiger partial charge is 0.169 e. The Bertz CT molecular complexity index is 596. The molecule has 2 aromatic rings. The maximum atomic E-state index is 13.0. The van der Waals surface area contributed by atoms with Crippen molar-refractivity contribution in [1.29, 1.82) is 0 Å². The lowest BCUT2D eigenvalue weighted by atomic mass is 10.0. The zero-order valence-electron chi connectivity index (χ0n) is 9.49. The zero-order chi connectivity index (χ0) is 13.1. The van der Waals surface area contributed by atoms with Gasteiger partial charge in [0.15, 0.2) is 17.4 Å². The van der Waals surface area contributed by atoms with Gasteiger partial charge in [-0.25, -0.2) is 8.78 Å². The first-order valence-electron chi connectivity index (χ1n) is 5.39. The number of nitrogens with two attached hydrogens (primary N) is 1. The van der Waals surface area contributed by atoms with Crippen molar-refractivity contribution in [3.63, 3.8) is 0 Å². The molecule has 92 valence electrons. The molecule has 0 bridgehead atoms. The van der Waals surface area contributed by atoms with Gasteiger partial charge in [-0.1, -0.05) is 18.2 Å². The van der Waals surface area contributed by atoms with Gasteiger partial charge in [0.2, 0.25) is 0 Å². The van der Waals surface area contributed by atoms with E-state index < -0.39 is 11.6 Å². The van der Waals surface area contributed by atoms with Gasteiger partial charge < -0.3 is 5.73 Å². The minimum absolute atomic E-state index is 0.00852. The third-order valence-electron chi connectivity index (χ3n) is 2.61. The van der Waals surface area contributed by atoms with Gasteiger partial charge in [-0.3, -0.25) is 4.79 Å². The predicted molar refractivity (Wildman–Crippen MR) is 65.2 cm³/mol. The number of hydrogen-bond acceptors (Lipinski definition) is 2.